The third-order valence-corrected chi connectivity index (χ3v) is 3.83. The lowest BCUT2D eigenvalue weighted by molar-refractivity contribution is -0.116. The van der Waals surface area contributed by atoms with E-state index in [1.165, 1.54) is 6.92 Å². The van der Waals surface area contributed by atoms with Gasteiger partial charge in [-0.25, -0.2) is 0 Å². The van der Waals surface area contributed by atoms with Crippen molar-refractivity contribution in [2.75, 3.05) is 5.32 Å². The van der Waals surface area contributed by atoms with Crippen molar-refractivity contribution in [3.05, 3.63) is 65.3 Å². The average Bonchev–Trinajstić information content (AvgIpc) is 2.86. The maximum Gasteiger partial charge on any atom is 0.244 e. The zero-order valence-electron chi connectivity index (χ0n) is 12.5. The molecule has 1 amide bonds. The van der Waals surface area contributed by atoms with Crippen LogP contribution in [0.2, 0.25) is 5.02 Å². The van der Waals surface area contributed by atoms with E-state index in [0.717, 1.165) is 10.9 Å². The third kappa shape index (κ3) is 3.27. The third-order valence-electron chi connectivity index (χ3n) is 3.59. The van der Waals surface area contributed by atoms with Gasteiger partial charge in [-0.1, -0.05) is 35.9 Å². The van der Waals surface area contributed by atoms with Crippen molar-refractivity contribution in [2.24, 2.45) is 0 Å². The summed E-state index contributed by atoms with van der Waals surface area (Å²) in [5, 5.41) is 4.23. The summed E-state index contributed by atoms with van der Waals surface area (Å²) in [5.74, 6) is -0.196. The van der Waals surface area contributed by atoms with Crippen LogP contribution in [0.4, 0.5) is 5.69 Å². The number of carbonyl (C=O) groups excluding carboxylic acids is 2. The van der Waals surface area contributed by atoms with E-state index in [1.54, 1.807) is 35.0 Å². The Morgan fingerprint density at radius 1 is 1.13 bits per heavy atom. The number of rotatable bonds is 4. The molecule has 0 radical (unpaired) electrons. The molecular weight excluding hydrogens is 312 g/mol. The standard InChI is InChI=1S/C18H15ClN2O2/c1-12(22)16-10-21(17-8-3-2-7-15(16)17)11-18(23)20-14-6-4-5-13(19)9-14/h2-10H,11H2,1H3,(H,20,23). The fraction of sp³-hybridized carbons (Fsp3) is 0.111. The van der Waals surface area contributed by atoms with Crippen LogP contribution in [-0.4, -0.2) is 16.3 Å². The maximum absolute atomic E-state index is 12.3. The maximum atomic E-state index is 12.3. The van der Waals surface area contributed by atoms with Gasteiger partial charge in [-0.2, -0.15) is 0 Å². The normalized spacial score (nSPS) is 10.7. The molecule has 0 atom stereocenters. The molecule has 0 fully saturated rings. The summed E-state index contributed by atoms with van der Waals surface area (Å²) in [6.45, 7) is 1.65. The molecule has 0 aliphatic rings. The number of nitrogens with zero attached hydrogens (tertiary/aromatic N) is 1. The molecule has 3 rings (SSSR count). The van der Waals surface area contributed by atoms with E-state index in [0.29, 0.717) is 16.3 Å². The first kappa shape index (κ1) is 15.3. The van der Waals surface area contributed by atoms with Gasteiger partial charge in [-0.05, 0) is 31.2 Å². The van der Waals surface area contributed by atoms with Crippen molar-refractivity contribution in [1.82, 2.24) is 4.57 Å². The van der Waals surface area contributed by atoms with Gasteiger partial charge in [0.05, 0.1) is 0 Å². The lowest BCUT2D eigenvalue weighted by Crippen LogP contribution is -2.18. The van der Waals surface area contributed by atoms with Crippen LogP contribution in [-0.2, 0) is 11.3 Å². The summed E-state index contributed by atoms with van der Waals surface area (Å²) in [6.07, 6.45) is 1.73. The molecule has 116 valence electrons. The monoisotopic (exact) mass is 326 g/mol. The first-order chi connectivity index (χ1) is 11.0. The largest absolute Gasteiger partial charge is 0.337 e. The zero-order valence-corrected chi connectivity index (χ0v) is 13.3. The molecular formula is C18H15ClN2O2. The van der Waals surface area contributed by atoms with E-state index < -0.39 is 0 Å². The summed E-state index contributed by atoms with van der Waals surface area (Å²) in [6, 6.07) is 14.5. The number of fused-ring (bicyclic) bond motifs is 1. The van der Waals surface area contributed by atoms with Crippen LogP contribution in [0.5, 0.6) is 0 Å². The van der Waals surface area contributed by atoms with Gasteiger partial charge in [0.15, 0.2) is 5.78 Å². The predicted octanol–water partition coefficient (Wildman–Crippen LogP) is 4.14. The van der Waals surface area contributed by atoms with Crippen molar-refractivity contribution in [1.29, 1.82) is 0 Å². The number of ketones is 1. The van der Waals surface area contributed by atoms with E-state index in [-0.39, 0.29) is 18.2 Å². The summed E-state index contributed by atoms with van der Waals surface area (Å²) in [7, 11) is 0. The molecule has 0 saturated heterocycles. The Hall–Kier alpha value is -2.59. The van der Waals surface area contributed by atoms with Crippen LogP contribution in [0.15, 0.2) is 54.7 Å². The highest BCUT2D eigenvalue weighted by atomic mass is 35.5. The minimum atomic E-state index is -0.178. The Kier molecular flexibility index (Phi) is 4.17. The van der Waals surface area contributed by atoms with Gasteiger partial charge in [0, 0.05) is 33.4 Å². The number of carbonyl (C=O) groups is 2. The molecule has 0 aliphatic heterocycles. The number of nitrogens with one attached hydrogen (secondary N) is 1. The quantitative estimate of drug-likeness (QED) is 0.733. The van der Waals surface area contributed by atoms with Crippen LogP contribution in [0.25, 0.3) is 10.9 Å². The van der Waals surface area contributed by atoms with Crippen molar-refractivity contribution in [3.63, 3.8) is 0 Å². The highest BCUT2D eigenvalue weighted by Gasteiger charge is 2.13. The van der Waals surface area contributed by atoms with Crippen LogP contribution in [0, 0.1) is 0 Å². The Morgan fingerprint density at radius 3 is 2.65 bits per heavy atom. The number of benzene rings is 2. The Morgan fingerprint density at radius 2 is 1.91 bits per heavy atom. The number of hydrogen-bond donors (Lipinski definition) is 1. The molecule has 0 saturated carbocycles. The van der Waals surface area contributed by atoms with E-state index in [9.17, 15) is 9.59 Å². The van der Waals surface area contributed by atoms with Crippen LogP contribution < -0.4 is 5.32 Å². The minimum Gasteiger partial charge on any atom is -0.337 e. The summed E-state index contributed by atoms with van der Waals surface area (Å²) in [5.41, 5.74) is 2.13. The fourth-order valence-corrected chi connectivity index (χ4v) is 2.77. The van der Waals surface area contributed by atoms with Crippen molar-refractivity contribution < 1.29 is 9.59 Å². The SMILES string of the molecule is CC(=O)c1cn(CC(=O)Nc2cccc(Cl)c2)c2ccccc12. The number of halogens is 1. The topological polar surface area (TPSA) is 51.1 Å². The molecule has 1 N–H and O–H groups in total. The summed E-state index contributed by atoms with van der Waals surface area (Å²) < 4.78 is 1.78. The number of anilines is 1. The first-order valence-corrected chi connectivity index (χ1v) is 7.56. The van der Waals surface area contributed by atoms with Gasteiger partial charge in [0.1, 0.15) is 6.54 Å². The van der Waals surface area contributed by atoms with Gasteiger partial charge in [0.25, 0.3) is 0 Å². The lowest BCUT2D eigenvalue weighted by Gasteiger charge is -2.07. The van der Waals surface area contributed by atoms with E-state index in [2.05, 4.69) is 5.32 Å². The number of Topliss-reactive ketones (excluding diaryl/α,β-unsaturated/α-hetero) is 1. The molecule has 0 unspecified atom stereocenters. The van der Waals surface area contributed by atoms with Gasteiger partial charge in [-0.3, -0.25) is 9.59 Å². The second kappa shape index (κ2) is 6.26. The molecule has 0 aliphatic carbocycles. The Balaban J connectivity index is 1.86. The molecule has 0 bridgehead atoms. The lowest BCUT2D eigenvalue weighted by atomic mass is 10.1. The van der Waals surface area contributed by atoms with E-state index >= 15 is 0 Å². The second-order valence-electron chi connectivity index (χ2n) is 5.30. The van der Waals surface area contributed by atoms with Crippen molar-refractivity contribution in [3.8, 4) is 0 Å². The molecule has 23 heavy (non-hydrogen) atoms. The van der Waals surface area contributed by atoms with Gasteiger partial charge < -0.3 is 9.88 Å². The number of amides is 1. The predicted molar refractivity (Wildman–Crippen MR) is 92.0 cm³/mol. The molecule has 2 aromatic carbocycles. The van der Waals surface area contributed by atoms with Crippen LogP contribution >= 0.6 is 11.6 Å². The van der Waals surface area contributed by atoms with Gasteiger partial charge in [-0.15, -0.1) is 0 Å². The van der Waals surface area contributed by atoms with Crippen molar-refractivity contribution in [2.45, 2.75) is 13.5 Å². The molecule has 4 nitrogen and oxygen atoms in total. The van der Waals surface area contributed by atoms with Crippen LogP contribution in [0.1, 0.15) is 17.3 Å². The fourth-order valence-electron chi connectivity index (χ4n) is 2.58. The van der Waals surface area contributed by atoms with Crippen LogP contribution in [0.3, 0.4) is 0 Å². The van der Waals surface area contributed by atoms with Gasteiger partial charge in [0.2, 0.25) is 5.91 Å². The smallest absolute Gasteiger partial charge is 0.244 e. The molecule has 3 aromatic rings. The highest BCUT2D eigenvalue weighted by Crippen LogP contribution is 2.22. The summed E-state index contributed by atoms with van der Waals surface area (Å²) >= 11 is 5.91. The van der Waals surface area contributed by atoms with Gasteiger partial charge >= 0.3 is 0 Å². The molecule has 1 aromatic heterocycles. The highest BCUT2D eigenvalue weighted by molar-refractivity contribution is 6.30. The average molecular weight is 327 g/mol. The number of para-hydroxylation sites is 1. The first-order valence-electron chi connectivity index (χ1n) is 7.19. The minimum absolute atomic E-state index is 0.0183. The Bertz CT molecular complexity index is 899. The second-order valence-corrected chi connectivity index (χ2v) is 5.74. The molecule has 0 spiro atoms. The van der Waals surface area contributed by atoms with E-state index in [1.807, 2.05) is 24.3 Å². The Labute approximate surface area is 138 Å². The summed E-state index contributed by atoms with van der Waals surface area (Å²) in [4.78, 5) is 24.0. The molecule has 5 heteroatoms. The number of hydrogen-bond acceptors (Lipinski definition) is 2. The van der Waals surface area contributed by atoms with E-state index in [4.69, 9.17) is 11.6 Å². The zero-order chi connectivity index (χ0) is 16.4. The van der Waals surface area contributed by atoms with Crippen molar-refractivity contribution >= 4 is 39.9 Å². The number of aromatic nitrogens is 1. The molecule has 1 heterocycles.